The van der Waals surface area contributed by atoms with Gasteiger partial charge in [-0.2, -0.15) is 0 Å². The van der Waals surface area contributed by atoms with Crippen molar-refractivity contribution in [3.05, 3.63) is 53.6 Å². The van der Waals surface area contributed by atoms with Crippen LogP contribution in [0.1, 0.15) is 27.6 Å². The summed E-state index contributed by atoms with van der Waals surface area (Å²) >= 11 is 1.68. The van der Waals surface area contributed by atoms with Crippen LogP contribution in [-0.4, -0.2) is 27.9 Å². The van der Waals surface area contributed by atoms with Crippen LogP contribution in [0.15, 0.2) is 47.4 Å². The van der Waals surface area contributed by atoms with Crippen molar-refractivity contribution >= 4 is 23.7 Å². The van der Waals surface area contributed by atoms with Gasteiger partial charge in [-0.3, -0.25) is 0 Å². The first-order chi connectivity index (χ1) is 10.5. The van der Waals surface area contributed by atoms with E-state index in [0.29, 0.717) is 5.75 Å². The van der Waals surface area contributed by atoms with Crippen molar-refractivity contribution in [2.45, 2.75) is 11.8 Å². The third kappa shape index (κ3) is 3.79. The van der Waals surface area contributed by atoms with Gasteiger partial charge < -0.3 is 14.9 Å². The zero-order chi connectivity index (χ0) is 16.1. The molecule has 0 saturated heterocycles. The van der Waals surface area contributed by atoms with Gasteiger partial charge in [0.05, 0.1) is 5.56 Å². The Morgan fingerprint density at radius 1 is 1.05 bits per heavy atom. The maximum Gasteiger partial charge on any atom is 0.339 e. The summed E-state index contributed by atoms with van der Waals surface area (Å²) in [5, 5.41) is 18.2. The van der Waals surface area contributed by atoms with Gasteiger partial charge in [-0.05, 0) is 48.2 Å². The van der Waals surface area contributed by atoms with Gasteiger partial charge in [-0.25, -0.2) is 9.59 Å². The Morgan fingerprint density at radius 2 is 1.73 bits per heavy atom. The smallest absolute Gasteiger partial charge is 0.339 e. The summed E-state index contributed by atoms with van der Waals surface area (Å²) in [6, 6.07) is 10.8. The van der Waals surface area contributed by atoms with E-state index in [2.05, 4.69) is 0 Å². The monoisotopic (exact) mass is 318 g/mol. The number of aromatic carboxylic acids is 2. The average molecular weight is 318 g/mol. The van der Waals surface area contributed by atoms with E-state index in [4.69, 9.17) is 14.9 Å². The number of hydrogen-bond acceptors (Lipinski definition) is 4. The van der Waals surface area contributed by atoms with Crippen LogP contribution in [0.2, 0.25) is 0 Å². The minimum atomic E-state index is -1.18. The molecule has 114 valence electrons. The van der Waals surface area contributed by atoms with E-state index in [-0.39, 0.29) is 16.9 Å². The van der Waals surface area contributed by atoms with Crippen LogP contribution in [0.5, 0.6) is 11.5 Å². The largest absolute Gasteiger partial charge is 0.478 e. The topological polar surface area (TPSA) is 83.8 Å². The quantitative estimate of drug-likeness (QED) is 0.784. The molecule has 0 aromatic heterocycles. The molecule has 0 heterocycles. The van der Waals surface area contributed by atoms with E-state index < -0.39 is 11.9 Å². The van der Waals surface area contributed by atoms with Crippen molar-refractivity contribution in [1.82, 2.24) is 0 Å². The number of carboxylic acid groups (broad SMARTS) is 2. The van der Waals surface area contributed by atoms with Gasteiger partial charge in [0.25, 0.3) is 0 Å². The Hall–Kier alpha value is -2.47. The molecule has 0 atom stereocenters. The van der Waals surface area contributed by atoms with Crippen LogP contribution < -0.4 is 4.74 Å². The molecule has 5 nitrogen and oxygen atoms in total. The summed E-state index contributed by atoms with van der Waals surface area (Å²) < 4.78 is 5.54. The van der Waals surface area contributed by atoms with E-state index in [1.165, 1.54) is 18.2 Å². The zero-order valence-electron chi connectivity index (χ0n) is 11.8. The first-order valence-corrected chi connectivity index (χ1v) is 7.51. The third-order valence-electron chi connectivity index (χ3n) is 2.82. The molecular formula is C16H14O5S. The Morgan fingerprint density at radius 3 is 2.27 bits per heavy atom. The molecule has 6 heteroatoms. The molecule has 0 aliphatic heterocycles. The molecule has 0 saturated carbocycles. The summed E-state index contributed by atoms with van der Waals surface area (Å²) in [4.78, 5) is 23.3. The minimum absolute atomic E-state index is 0.00305. The molecule has 2 aromatic carbocycles. The lowest BCUT2D eigenvalue weighted by atomic mass is 10.1. The Bertz CT molecular complexity index is 694. The summed E-state index contributed by atoms with van der Waals surface area (Å²) in [7, 11) is 0. The maximum absolute atomic E-state index is 11.2. The van der Waals surface area contributed by atoms with E-state index >= 15 is 0 Å². The van der Waals surface area contributed by atoms with Crippen LogP contribution in [0.25, 0.3) is 0 Å². The molecule has 0 fully saturated rings. The number of carbonyl (C=O) groups is 2. The SMILES string of the molecule is CCSc1ccc(Oc2cc(C(=O)O)ccc2C(=O)O)cc1. The van der Waals surface area contributed by atoms with Crippen molar-refractivity contribution in [1.29, 1.82) is 0 Å². The molecule has 0 aliphatic rings. The van der Waals surface area contributed by atoms with Crippen LogP contribution >= 0.6 is 11.8 Å². The minimum Gasteiger partial charge on any atom is -0.478 e. The lowest BCUT2D eigenvalue weighted by Crippen LogP contribution is -2.03. The summed E-state index contributed by atoms with van der Waals surface area (Å²) in [5.74, 6) is -0.917. The normalized spacial score (nSPS) is 10.2. The van der Waals surface area contributed by atoms with E-state index in [9.17, 15) is 9.59 Å². The fourth-order valence-electron chi connectivity index (χ4n) is 1.81. The van der Waals surface area contributed by atoms with Crippen molar-refractivity contribution in [2.24, 2.45) is 0 Å². The second kappa shape index (κ2) is 7.00. The van der Waals surface area contributed by atoms with Crippen molar-refractivity contribution in [3.63, 3.8) is 0 Å². The average Bonchev–Trinajstić information content (AvgIpc) is 2.49. The van der Waals surface area contributed by atoms with Crippen LogP contribution in [0.3, 0.4) is 0 Å². The molecule has 0 radical (unpaired) electrons. The van der Waals surface area contributed by atoms with Crippen molar-refractivity contribution in [3.8, 4) is 11.5 Å². The second-order valence-corrected chi connectivity index (χ2v) is 5.67. The number of rotatable bonds is 6. The number of hydrogen-bond donors (Lipinski definition) is 2. The van der Waals surface area contributed by atoms with Gasteiger partial charge in [0.15, 0.2) is 0 Å². The molecule has 2 rings (SSSR count). The van der Waals surface area contributed by atoms with Gasteiger partial charge in [0.1, 0.15) is 17.1 Å². The molecule has 0 unspecified atom stereocenters. The first-order valence-electron chi connectivity index (χ1n) is 6.52. The van der Waals surface area contributed by atoms with Gasteiger partial charge in [0.2, 0.25) is 0 Å². The highest BCUT2D eigenvalue weighted by molar-refractivity contribution is 7.99. The number of ether oxygens (including phenoxy) is 1. The van der Waals surface area contributed by atoms with E-state index in [1.54, 1.807) is 23.9 Å². The zero-order valence-corrected chi connectivity index (χ0v) is 12.6. The fraction of sp³-hybridized carbons (Fsp3) is 0.125. The van der Waals surface area contributed by atoms with Crippen LogP contribution in [0.4, 0.5) is 0 Å². The Balaban J connectivity index is 2.32. The highest BCUT2D eigenvalue weighted by Crippen LogP contribution is 2.28. The molecule has 0 aliphatic carbocycles. The lowest BCUT2D eigenvalue weighted by Gasteiger charge is -2.10. The van der Waals surface area contributed by atoms with Gasteiger partial charge >= 0.3 is 11.9 Å². The van der Waals surface area contributed by atoms with Gasteiger partial charge in [-0.1, -0.05) is 6.92 Å². The van der Waals surface area contributed by atoms with Gasteiger partial charge in [-0.15, -0.1) is 11.8 Å². The van der Waals surface area contributed by atoms with Crippen molar-refractivity contribution in [2.75, 3.05) is 5.75 Å². The molecule has 0 spiro atoms. The molecule has 0 bridgehead atoms. The lowest BCUT2D eigenvalue weighted by molar-refractivity contribution is 0.0678. The predicted octanol–water partition coefficient (Wildman–Crippen LogP) is 3.99. The molecule has 0 amide bonds. The van der Waals surface area contributed by atoms with Gasteiger partial charge in [0, 0.05) is 4.90 Å². The third-order valence-corrected chi connectivity index (χ3v) is 3.72. The van der Waals surface area contributed by atoms with E-state index in [1.807, 2.05) is 19.1 Å². The van der Waals surface area contributed by atoms with E-state index in [0.717, 1.165) is 10.6 Å². The molecule has 22 heavy (non-hydrogen) atoms. The molecule has 2 aromatic rings. The standard InChI is InChI=1S/C16H14O5S/c1-2-22-12-6-4-11(5-7-12)21-14-9-10(15(17)18)3-8-13(14)16(19)20/h3-9H,2H2,1H3,(H,17,18)(H,19,20). The highest BCUT2D eigenvalue weighted by Gasteiger charge is 2.15. The molecular weight excluding hydrogens is 304 g/mol. The van der Waals surface area contributed by atoms with Crippen LogP contribution in [-0.2, 0) is 0 Å². The second-order valence-electron chi connectivity index (χ2n) is 4.33. The Kier molecular flexibility index (Phi) is 5.06. The fourth-order valence-corrected chi connectivity index (χ4v) is 2.48. The number of carboxylic acids is 2. The molecule has 2 N–H and O–H groups in total. The summed E-state index contributed by atoms with van der Waals surface area (Å²) in [6.45, 7) is 2.05. The van der Waals surface area contributed by atoms with Crippen molar-refractivity contribution < 1.29 is 24.5 Å². The summed E-state index contributed by atoms with van der Waals surface area (Å²) in [6.07, 6.45) is 0. The maximum atomic E-state index is 11.2. The highest BCUT2D eigenvalue weighted by atomic mass is 32.2. The summed E-state index contributed by atoms with van der Waals surface area (Å²) in [5.41, 5.74) is -0.116. The predicted molar refractivity (Wildman–Crippen MR) is 83.3 cm³/mol. The Labute approximate surface area is 131 Å². The number of benzene rings is 2. The van der Waals surface area contributed by atoms with Crippen LogP contribution in [0, 0.1) is 0 Å². The number of thioether (sulfide) groups is 1. The first kappa shape index (κ1) is 15.9.